The predicted octanol–water partition coefficient (Wildman–Crippen LogP) is 2.04. The number of nitrogens with one attached hydrogen (secondary N) is 1. The van der Waals surface area contributed by atoms with Gasteiger partial charge < -0.3 is 14.7 Å². The second-order valence-electron chi connectivity index (χ2n) is 6.60. The highest BCUT2D eigenvalue weighted by molar-refractivity contribution is 5.79. The van der Waals surface area contributed by atoms with Gasteiger partial charge in [-0.05, 0) is 26.5 Å². The Kier molecular flexibility index (Phi) is 4.94. The molecule has 2 aromatic rings. The Morgan fingerprint density at radius 1 is 1.38 bits per heavy atom. The van der Waals surface area contributed by atoms with Gasteiger partial charge in [-0.3, -0.25) is 4.79 Å². The number of aryl methyl sites for hydroxylation is 1. The van der Waals surface area contributed by atoms with E-state index in [0.29, 0.717) is 43.7 Å². The molecule has 2 heterocycles. The Morgan fingerprint density at radius 2 is 2.12 bits per heavy atom. The van der Waals surface area contributed by atoms with Crippen LogP contribution >= 0.6 is 0 Å². The number of amides is 1. The van der Waals surface area contributed by atoms with Gasteiger partial charge in [0, 0.05) is 32.0 Å². The van der Waals surface area contributed by atoms with Crippen LogP contribution in [0.3, 0.4) is 0 Å². The van der Waals surface area contributed by atoms with E-state index in [-0.39, 0.29) is 11.8 Å². The average molecular weight is 328 g/mol. The molecule has 24 heavy (non-hydrogen) atoms. The summed E-state index contributed by atoms with van der Waals surface area (Å²) in [6, 6.07) is 8.57. The molecule has 1 N–H and O–H groups in total. The lowest BCUT2D eigenvalue weighted by atomic mass is 10.1. The van der Waals surface area contributed by atoms with Crippen LogP contribution < -0.4 is 5.32 Å². The predicted molar refractivity (Wildman–Crippen MR) is 90.5 cm³/mol. The normalized spacial score (nSPS) is 19.0. The molecule has 0 radical (unpaired) electrons. The van der Waals surface area contributed by atoms with E-state index in [9.17, 15) is 4.79 Å². The highest BCUT2D eigenvalue weighted by Crippen LogP contribution is 2.28. The van der Waals surface area contributed by atoms with Crippen LogP contribution in [0.4, 0.5) is 0 Å². The first-order chi connectivity index (χ1) is 11.5. The van der Waals surface area contributed by atoms with Gasteiger partial charge in [0.25, 0.3) is 0 Å². The standard InChI is InChI=1S/C18H24N4O2/c1-12-4-6-14(7-5-12)10-22-11-15(9-17(22)23)18-20-16(21-24-18)8-13(2)19-3/h4-7,13,15,19H,8-11H2,1-3H3. The largest absolute Gasteiger partial charge is 0.339 e. The first kappa shape index (κ1) is 16.6. The fourth-order valence-corrected chi connectivity index (χ4v) is 2.90. The monoisotopic (exact) mass is 328 g/mol. The van der Waals surface area contributed by atoms with Crippen molar-refractivity contribution in [2.45, 2.75) is 45.2 Å². The quantitative estimate of drug-likeness (QED) is 0.879. The van der Waals surface area contributed by atoms with Gasteiger partial charge in [-0.2, -0.15) is 4.98 Å². The molecule has 3 rings (SSSR count). The number of hydrogen-bond acceptors (Lipinski definition) is 5. The van der Waals surface area contributed by atoms with Crippen LogP contribution in [0.25, 0.3) is 0 Å². The van der Waals surface area contributed by atoms with Crippen molar-refractivity contribution in [3.8, 4) is 0 Å². The molecule has 6 nitrogen and oxygen atoms in total. The molecule has 128 valence electrons. The summed E-state index contributed by atoms with van der Waals surface area (Å²) in [7, 11) is 1.91. The summed E-state index contributed by atoms with van der Waals surface area (Å²) in [4.78, 5) is 18.6. The van der Waals surface area contributed by atoms with Crippen molar-refractivity contribution >= 4 is 5.91 Å². The summed E-state index contributed by atoms with van der Waals surface area (Å²) in [5.74, 6) is 1.40. The number of aromatic nitrogens is 2. The first-order valence-corrected chi connectivity index (χ1v) is 8.38. The maximum Gasteiger partial charge on any atom is 0.232 e. The molecule has 2 unspecified atom stereocenters. The number of carbonyl (C=O) groups excluding carboxylic acids is 1. The molecular formula is C18H24N4O2. The molecule has 1 fully saturated rings. The summed E-state index contributed by atoms with van der Waals surface area (Å²) < 4.78 is 5.39. The number of likely N-dealkylation sites (tertiary alicyclic amines) is 1. The van der Waals surface area contributed by atoms with E-state index < -0.39 is 0 Å². The lowest BCUT2D eigenvalue weighted by molar-refractivity contribution is -0.128. The van der Waals surface area contributed by atoms with Crippen LogP contribution in [0.2, 0.25) is 0 Å². The lowest BCUT2D eigenvalue weighted by Gasteiger charge is -2.16. The second-order valence-corrected chi connectivity index (χ2v) is 6.60. The maximum atomic E-state index is 12.3. The molecule has 1 aliphatic heterocycles. The molecule has 1 amide bonds. The van der Waals surface area contributed by atoms with E-state index in [2.05, 4.69) is 53.6 Å². The minimum Gasteiger partial charge on any atom is -0.339 e. The minimum atomic E-state index is -0.00547. The Balaban J connectivity index is 1.63. The molecule has 0 saturated carbocycles. The topological polar surface area (TPSA) is 71.3 Å². The highest BCUT2D eigenvalue weighted by atomic mass is 16.5. The van der Waals surface area contributed by atoms with Crippen LogP contribution in [-0.4, -0.2) is 40.6 Å². The third-order valence-electron chi connectivity index (χ3n) is 4.52. The lowest BCUT2D eigenvalue weighted by Crippen LogP contribution is -2.24. The Bertz CT molecular complexity index is 695. The Morgan fingerprint density at radius 3 is 2.83 bits per heavy atom. The van der Waals surface area contributed by atoms with Crippen molar-refractivity contribution in [3.63, 3.8) is 0 Å². The number of nitrogens with zero attached hydrogens (tertiary/aromatic N) is 3. The fourth-order valence-electron chi connectivity index (χ4n) is 2.90. The highest BCUT2D eigenvalue weighted by Gasteiger charge is 2.34. The van der Waals surface area contributed by atoms with Gasteiger partial charge in [0.1, 0.15) is 0 Å². The second kappa shape index (κ2) is 7.13. The zero-order valence-electron chi connectivity index (χ0n) is 14.5. The SMILES string of the molecule is CNC(C)Cc1noc(C2CC(=O)N(Cc3ccc(C)cc3)C2)n1. The molecule has 1 aliphatic rings. The van der Waals surface area contributed by atoms with Crippen LogP contribution in [0.1, 0.15) is 42.1 Å². The number of hydrogen-bond donors (Lipinski definition) is 1. The minimum absolute atomic E-state index is 0.00547. The maximum absolute atomic E-state index is 12.3. The molecule has 1 aromatic carbocycles. The summed E-state index contributed by atoms with van der Waals surface area (Å²) in [5, 5.41) is 7.19. The zero-order valence-corrected chi connectivity index (χ0v) is 14.5. The zero-order chi connectivity index (χ0) is 17.1. The van der Waals surface area contributed by atoms with Gasteiger partial charge in [-0.25, -0.2) is 0 Å². The van der Waals surface area contributed by atoms with E-state index in [4.69, 9.17) is 4.52 Å². The summed E-state index contributed by atoms with van der Waals surface area (Å²) in [5.41, 5.74) is 2.36. The van der Waals surface area contributed by atoms with Gasteiger partial charge >= 0.3 is 0 Å². The number of carbonyl (C=O) groups is 1. The molecule has 2 atom stereocenters. The van der Waals surface area contributed by atoms with Gasteiger partial charge in [0.05, 0.1) is 5.92 Å². The number of benzene rings is 1. The van der Waals surface area contributed by atoms with Crippen molar-refractivity contribution in [3.05, 3.63) is 47.1 Å². The van der Waals surface area contributed by atoms with E-state index in [1.54, 1.807) is 0 Å². The van der Waals surface area contributed by atoms with E-state index in [0.717, 1.165) is 5.56 Å². The molecule has 1 saturated heterocycles. The van der Waals surface area contributed by atoms with Crippen LogP contribution in [0, 0.1) is 6.92 Å². The van der Waals surface area contributed by atoms with E-state index in [1.807, 2.05) is 11.9 Å². The molecule has 0 aliphatic carbocycles. The Hall–Kier alpha value is -2.21. The van der Waals surface area contributed by atoms with Crippen LogP contribution in [0.5, 0.6) is 0 Å². The van der Waals surface area contributed by atoms with Crippen molar-refractivity contribution in [1.29, 1.82) is 0 Å². The molecule has 0 spiro atoms. The van der Waals surface area contributed by atoms with Gasteiger partial charge in [0.2, 0.25) is 11.8 Å². The molecule has 6 heteroatoms. The fraction of sp³-hybridized carbons (Fsp3) is 0.500. The van der Waals surface area contributed by atoms with Gasteiger partial charge in [-0.15, -0.1) is 0 Å². The first-order valence-electron chi connectivity index (χ1n) is 8.38. The summed E-state index contributed by atoms with van der Waals surface area (Å²) in [6.07, 6.45) is 1.16. The van der Waals surface area contributed by atoms with Crippen molar-refractivity contribution in [2.75, 3.05) is 13.6 Å². The number of likely N-dealkylation sites (N-methyl/N-ethyl adjacent to an activating group) is 1. The van der Waals surface area contributed by atoms with E-state index >= 15 is 0 Å². The van der Waals surface area contributed by atoms with E-state index in [1.165, 1.54) is 5.56 Å². The molecule has 0 bridgehead atoms. The molecule has 1 aromatic heterocycles. The molecular weight excluding hydrogens is 304 g/mol. The van der Waals surface area contributed by atoms with Crippen LogP contribution in [-0.2, 0) is 17.8 Å². The number of rotatable bonds is 6. The average Bonchev–Trinajstić information content (AvgIpc) is 3.17. The van der Waals surface area contributed by atoms with Crippen LogP contribution in [0.15, 0.2) is 28.8 Å². The summed E-state index contributed by atoms with van der Waals surface area (Å²) >= 11 is 0. The van der Waals surface area contributed by atoms with Crippen molar-refractivity contribution in [1.82, 2.24) is 20.4 Å². The van der Waals surface area contributed by atoms with Gasteiger partial charge in [0.15, 0.2) is 5.82 Å². The van der Waals surface area contributed by atoms with Crippen molar-refractivity contribution in [2.24, 2.45) is 0 Å². The third kappa shape index (κ3) is 3.82. The van der Waals surface area contributed by atoms with Gasteiger partial charge in [-0.1, -0.05) is 35.0 Å². The van der Waals surface area contributed by atoms with Crippen molar-refractivity contribution < 1.29 is 9.32 Å². The summed E-state index contributed by atoms with van der Waals surface area (Å²) in [6.45, 7) is 5.39. The smallest absolute Gasteiger partial charge is 0.232 e. The third-order valence-corrected chi connectivity index (χ3v) is 4.52. The Labute approximate surface area is 142 Å².